The number of fused-ring (bicyclic) bond motifs is 1. The Morgan fingerprint density at radius 3 is 2.27 bits per heavy atom. The van der Waals surface area contributed by atoms with E-state index in [9.17, 15) is 10.2 Å². The molecule has 0 aromatic carbocycles. The van der Waals surface area contributed by atoms with Gasteiger partial charge in [0.2, 0.25) is 0 Å². The third kappa shape index (κ3) is 10.8. The molecule has 4 aliphatic rings. The van der Waals surface area contributed by atoms with Crippen LogP contribution >= 0.6 is 0 Å². The van der Waals surface area contributed by atoms with Gasteiger partial charge < -0.3 is 14.9 Å². The maximum atomic E-state index is 10.1. The molecule has 0 amide bonds. The van der Waals surface area contributed by atoms with Crippen LogP contribution in [-0.4, -0.2) is 40.5 Å². The summed E-state index contributed by atoms with van der Waals surface area (Å²) in [4.78, 5) is 4.40. The molecular formula is C37H65NO3. The zero-order chi connectivity index (χ0) is 31.2. The van der Waals surface area contributed by atoms with Crippen LogP contribution in [0.2, 0.25) is 0 Å². The summed E-state index contributed by atoms with van der Waals surface area (Å²) in [5.41, 5.74) is 4.19. The molecule has 0 aromatic heterocycles. The van der Waals surface area contributed by atoms with E-state index in [0.29, 0.717) is 23.2 Å². The highest BCUT2D eigenvalue weighted by atomic mass is 16.5. The molecule has 3 saturated carbocycles. The average molecular weight is 572 g/mol. The Hall–Kier alpha value is -1.65. The average Bonchev–Trinajstić information content (AvgIpc) is 3.49. The first-order chi connectivity index (χ1) is 19.5. The zero-order valence-electron chi connectivity index (χ0n) is 28.4. The number of hydrogen-bond acceptors (Lipinski definition) is 4. The van der Waals surface area contributed by atoms with E-state index in [1.807, 2.05) is 40.7 Å². The van der Waals surface area contributed by atoms with Crippen molar-refractivity contribution in [1.82, 2.24) is 0 Å². The molecule has 0 saturated heterocycles. The predicted octanol–water partition coefficient (Wildman–Crippen LogP) is 9.78. The number of rotatable bonds is 6. The molecule has 236 valence electrons. The van der Waals surface area contributed by atoms with E-state index in [4.69, 9.17) is 4.74 Å². The maximum Gasteiger partial charge on any atom is 0.183 e. The molecule has 3 fully saturated rings. The first-order valence-corrected chi connectivity index (χ1v) is 16.8. The van der Waals surface area contributed by atoms with Crippen molar-refractivity contribution >= 4 is 5.90 Å². The molecule has 0 spiro atoms. The fourth-order valence-electron chi connectivity index (χ4n) is 7.05. The molecule has 4 unspecified atom stereocenters. The van der Waals surface area contributed by atoms with Gasteiger partial charge in [-0.15, -0.1) is 0 Å². The molecule has 0 bridgehead atoms. The lowest BCUT2D eigenvalue weighted by molar-refractivity contribution is 0.111. The largest absolute Gasteiger partial charge is 0.478 e. The van der Waals surface area contributed by atoms with Crippen molar-refractivity contribution in [3.63, 3.8) is 0 Å². The Kier molecular flexibility index (Phi) is 16.5. The number of allylic oxidation sites excluding steroid dienone is 4. The van der Waals surface area contributed by atoms with Gasteiger partial charge in [-0.25, -0.2) is 4.99 Å². The fraction of sp³-hybridized carbons (Fsp3) is 0.757. The molecule has 4 rings (SSSR count). The summed E-state index contributed by atoms with van der Waals surface area (Å²) in [5.74, 6) is 2.82. The van der Waals surface area contributed by atoms with Crippen molar-refractivity contribution in [3.05, 3.63) is 47.6 Å². The monoisotopic (exact) mass is 571 g/mol. The van der Waals surface area contributed by atoms with E-state index < -0.39 is 0 Å². The SMILES string of the molecule is C=C1/C(=C\C=C2/CCCC3(C)C2CC[C@@H]3[C@H](C)/C=C/C(C)O)CCCC1O.CC.CC.CCCC1=NC(C)(C)CO1. The Balaban J connectivity index is 0.000000501. The number of hydrogen-bond donors (Lipinski definition) is 2. The Bertz CT molecular complexity index is 909. The van der Waals surface area contributed by atoms with E-state index in [2.05, 4.69) is 64.4 Å². The van der Waals surface area contributed by atoms with E-state index in [1.54, 1.807) is 5.57 Å². The summed E-state index contributed by atoms with van der Waals surface area (Å²) in [5, 5.41) is 19.7. The summed E-state index contributed by atoms with van der Waals surface area (Å²) >= 11 is 0. The molecule has 6 atom stereocenters. The number of nitrogens with zero attached hydrogens (tertiary/aromatic N) is 1. The summed E-state index contributed by atoms with van der Waals surface area (Å²) in [7, 11) is 0. The second kappa shape index (κ2) is 18.1. The summed E-state index contributed by atoms with van der Waals surface area (Å²) in [6.45, 7) is 25.8. The van der Waals surface area contributed by atoms with Crippen molar-refractivity contribution in [2.75, 3.05) is 6.61 Å². The van der Waals surface area contributed by atoms with Crippen LogP contribution in [0, 0.1) is 23.2 Å². The normalized spacial score (nSPS) is 32.0. The second-order valence-electron chi connectivity index (χ2n) is 12.8. The van der Waals surface area contributed by atoms with Crippen molar-refractivity contribution < 1.29 is 14.9 Å². The van der Waals surface area contributed by atoms with E-state index in [1.165, 1.54) is 37.7 Å². The van der Waals surface area contributed by atoms with Gasteiger partial charge in [0.25, 0.3) is 0 Å². The van der Waals surface area contributed by atoms with Crippen LogP contribution in [0.1, 0.15) is 133 Å². The highest BCUT2D eigenvalue weighted by molar-refractivity contribution is 5.78. The Morgan fingerprint density at radius 2 is 1.68 bits per heavy atom. The number of aliphatic hydroxyl groups is 2. The number of aliphatic hydroxyl groups excluding tert-OH is 2. The number of ether oxygens (including phenoxy) is 1. The second-order valence-corrected chi connectivity index (χ2v) is 12.8. The Morgan fingerprint density at radius 1 is 1.00 bits per heavy atom. The molecule has 4 nitrogen and oxygen atoms in total. The van der Waals surface area contributed by atoms with Gasteiger partial charge in [0.15, 0.2) is 5.90 Å². The van der Waals surface area contributed by atoms with Gasteiger partial charge in [0.1, 0.15) is 6.61 Å². The minimum atomic E-state index is -0.357. The van der Waals surface area contributed by atoms with Crippen molar-refractivity contribution in [1.29, 1.82) is 0 Å². The molecule has 4 heteroatoms. The first kappa shape index (κ1) is 37.4. The van der Waals surface area contributed by atoms with Gasteiger partial charge >= 0.3 is 0 Å². The van der Waals surface area contributed by atoms with Gasteiger partial charge in [0.05, 0.1) is 17.7 Å². The molecule has 1 heterocycles. The molecule has 41 heavy (non-hydrogen) atoms. The molecule has 0 aromatic rings. The molecule has 1 aliphatic heterocycles. The quantitative estimate of drug-likeness (QED) is 0.312. The maximum absolute atomic E-state index is 10.1. The van der Waals surface area contributed by atoms with Crippen molar-refractivity contribution in [3.8, 4) is 0 Å². The van der Waals surface area contributed by atoms with Gasteiger partial charge in [0, 0.05) is 6.42 Å². The summed E-state index contributed by atoms with van der Waals surface area (Å²) in [6, 6.07) is 0. The lowest BCUT2D eigenvalue weighted by Gasteiger charge is -2.44. The third-order valence-corrected chi connectivity index (χ3v) is 9.09. The molecule has 2 N–H and O–H groups in total. The smallest absolute Gasteiger partial charge is 0.183 e. The first-order valence-electron chi connectivity index (χ1n) is 16.8. The van der Waals surface area contributed by atoms with Crippen LogP contribution in [0.15, 0.2) is 52.6 Å². The van der Waals surface area contributed by atoms with Crippen LogP contribution in [-0.2, 0) is 4.74 Å². The van der Waals surface area contributed by atoms with Gasteiger partial charge in [-0.05, 0) is 113 Å². The lowest BCUT2D eigenvalue weighted by atomic mass is 9.61. The molecule has 0 radical (unpaired) electrons. The highest BCUT2D eigenvalue weighted by Crippen LogP contribution is 2.59. The zero-order valence-corrected chi connectivity index (χ0v) is 28.4. The Labute approximate surface area is 254 Å². The van der Waals surface area contributed by atoms with Crippen LogP contribution in [0.4, 0.5) is 0 Å². The minimum absolute atomic E-state index is 0.0322. The van der Waals surface area contributed by atoms with Crippen LogP contribution in [0.25, 0.3) is 0 Å². The summed E-state index contributed by atoms with van der Waals surface area (Å²) < 4.78 is 5.36. The van der Waals surface area contributed by atoms with Gasteiger partial charge in [-0.3, -0.25) is 0 Å². The lowest BCUT2D eigenvalue weighted by Crippen LogP contribution is -2.35. The predicted molar refractivity (Wildman–Crippen MR) is 178 cm³/mol. The van der Waals surface area contributed by atoms with E-state index in [0.717, 1.165) is 50.2 Å². The van der Waals surface area contributed by atoms with Crippen molar-refractivity contribution in [2.24, 2.45) is 28.2 Å². The summed E-state index contributed by atoms with van der Waals surface area (Å²) in [6.07, 6.45) is 19.5. The molecular weight excluding hydrogens is 506 g/mol. The van der Waals surface area contributed by atoms with Crippen LogP contribution < -0.4 is 0 Å². The topological polar surface area (TPSA) is 62.0 Å². The fourth-order valence-corrected chi connectivity index (χ4v) is 7.05. The number of aliphatic imine (C=N–C) groups is 1. The van der Waals surface area contributed by atoms with Crippen LogP contribution in [0.5, 0.6) is 0 Å². The van der Waals surface area contributed by atoms with E-state index >= 15 is 0 Å². The highest BCUT2D eigenvalue weighted by Gasteiger charge is 2.50. The third-order valence-electron chi connectivity index (χ3n) is 9.09. The van der Waals surface area contributed by atoms with Gasteiger partial charge in [-0.1, -0.05) is 84.9 Å². The van der Waals surface area contributed by atoms with Crippen LogP contribution in [0.3, 0.4) is 0 Å². The standard InChI is InChI=1S/C25H38O2.C8H15NO.2C2H6/c1-17(10-11-18(2)26)22-14-15-23-21(8-6-16-25(22,23)4)13-12-20-7-5-9-24(27)19(20)3;1-4-5-7-9-8(2,3)6-10-7;2*1-2/h10-13,17-18,22-24,26-27H,3,5-9,14-16H2,1-2,4H3;4-6H2,1-3H3;2*1-2H3/b11-10+,20-12-,21-13+;;;/t17-,18?,22-,23?,24?,25?;;;/m1.../s1. The minimum Gasteiger partial charge on any atom is -0.478 e. The molecule has 3 aliphatic carbocycles. The van der Waals surface area contributed by atoms with Crippen molar-refractivity contribution in [2.45, 2.75) is 151 Å². The van der Waals surface area contributed by atoms with Gasteiger partial charge in [-0.2, -0.15) is 0 Å². The van der Waals surface area contributed by atoms with E-state index in [-0.39, 0.29) is 17.7 Å².